The van der Waals surface area contributed by atoms with E-state index in [1.54, 1.807) is 0 Å². The topological polar surface area (TPSA) is 41.6 Å². The summed E-state index contributed by atoms with van der Waals surface area (Å²) in [6, 6.07) is 0. The van der Waals surface area contributed by atoms with Crippen LogP contribution in [0.25, 0.3) is 0 Å². The zero-order valence-corrected chi connectivity index (χ0v) is 11.6. The van der Waals surface area contributed by atoms with Gasteiger partial charge < -0.3 is 15.0 Å². The third-order valence-electron chi connectivity index (χ3n) is 2.98. The normalized spacial score (nSPS) is 22.2. The van der Waals surface area contributed by atoms with E-state index in [2.05, 4.69) is 17.1 Å². The number of rotatable bonds is 3. The number of amides is 1. The van der Waals surface area contributed by atoms with Crippen LogP contribution in [0.1, 0.15) is 40.5 Å². The van der Waals surface area contributed by atoms with Crippen LogP contribution in [0.3, 0.4) is 0 Å². The van der Waals surface area contributed by atoms with Gasteiger partial charge in [0.05, 0.1) is 0 Å². The second-order valence-corrected chi connectivity index (χ2v) is 5.78. The molecule has 0 saturated carbocycles. The summed E-state index contributed by atoms with van der Waals surface area (Å²) in [6.45, 7) is 11.9. The van der Waals surface area contributed by atoms with Crippen molar-refractivity contribution in [2.75, 3.05) is 26.2 Å². The summed E-state index contributed by atoms with van der Waals surface area (Å²) in [7, 11) is 0. The Labute approximate surface area is 105 Å². The maximum atomic E-state index is 11.5. The molecule has 0 aromatic heterocycles. The van der Waals surface area contributed by atoms with Crippen molar-refractivity contribution in [3.8, 4) is 0 Å². The van der Waals surface area contributed by atoms with Crippen molar-refractivity contribution in [3.63, 3.8) is 0 Å². The third-order valence-corrected chi connectivity index (χ3v) is 2.98. The van der Waals surface area contributed by atoms with Gasteiger partial charge in [0, 0.05) is 13.1 Å². The van der Waals surface area contributed by atoms with Crippen molar-refractivity contribution >= 4 is 6.09 Å². The fraction of sp³-hybridized carbons (Fsp3) is 0.923. The van der Waals surface area contributed by atoms with E-state index < -0.39 is 5.60 Å². The van der Waals surface area contributed by atoms with Gasteiger partial charge in [-0.05, 0) is 52.6 Å². The molecule has 4 heteroatoms. The van der Waals surface area contributed by atoms with Gasteiger partial charge in [-0.25, -0.2) is 4.79 Å². The van der Waals surface area contributed by atoms with E-state index >= 15 is 0 Å². The number of likely N-dealkylation sites (tertiary alicyclic amines) is 1. The lowest BCUT2D eigenvalue weighted by molar-refractivity contribution is 0.0508. The Morgan fingerprint density at radius 1 is 1.47 bits per heavy atom. The van der Waals surface area contributed by atoms with Gasteiger partial charge in [-0.1, -0.05) is 6.92 Å². The number of nitrogens with zero attached hydrogens (tertiary/aromatic N) is 1. The van der Waals surface area contributed by atoms with Crippen molar-refractivity contribution in [1.29, 1.82) is 0 Å². The van der Waals surface area contributed by atoms with E-state index in [4.69, 9.17) is 4.74 Å². The molecule has 1 aliphatic rings. The minimum atomic E-state index is -0.411. The van der Waals surface area contributed by atoms with E-state index in [0.29, 0.717) is 5.92 Å². The summed E-state index contributed by atoms with van der Waals surface area (Å²) < 4.78 is 5.22. The molecule has 0 bridgehead atoms. The number of hydrogen-bond acceptors (Lipinski definition) is 3. The highest BCUT2D eigenvalue weighted by Crippen LogP contribution is 2.15. The van der Waals surface area contributed by atoms with E-state index in [-0.39, 0.29) is 6.09 Å². The number of piperidine rings is 1. The van der Waals surface area contributed by atoms with Crippen molar-refractivity contribution in [2.45, 2.75) is 46.1 Å². The maximum absolute atomic E-state index is 11.5. The minimum absolute atomic E-state index is 0.300. The van der Waals surface area contributed by atoms with Crippen LogP contribution in [0.15, 0.2) is 0 Å². The Morgan fingerprint density at radius 3 is 2.76 bits per heavy atom. The largest absolute Gasteiger partial charge is 0.444 e. The Kier molecular flexibility index (Phi) is 5.25. The van der Waals surface area contributed by atoms with Gasteiger partial charge in [-0.2, -0.15) is 0 Å². The number of ether oxygens (including phenoxy) is 1. The number of alkyl carbamates (subject to hydrolysis) is 1. The average Bonchev–Trinajstić information content (AvgIpc) is 2.24. The zero-order chi connectivity index (χ0) is 12.9. The lowest BCUT2D eigenvalue weighted by Crippen LogP contribution is -2.42. The highest BCUT2D eigenvalue weighted by Gasteiger charge is 2.21. The van der Waals surface area contributed by atoms with Gasteiger partial charge in [-0.15, -0.1) is 0 Å². The van der Waals surface area contributed by atoms with Gasteiger partial charge in [0.2, 0.25) is 0 Å². The Morgan fingerprint density at radius 2 is 2.18 bits per heavy atom. The summed E-state index contributed by atoms with van der Waals surface area (Å²) in [4.78, 5) is 13.9. The first kappa shape index (κ1) is 14.3. The second-order valence-electron chi connectivity index (χ2n) is 5.78. The molecule has 1 saturated heterocycles. The smallest absolute Gasteiger partial charge is 0.407 e. The molecule has 0 radical (unpaired) electrons. The fourth-order valence-electron chi connectivity index (χ4n) is 2.15. The van der Waals surface area contributed by atoms with Crippen LogP contribution in [0, 0.1) is 5.92 Å². The number of carbonyl (C=O) groups is 1. The summed E-state index contributed by atoms with van der Waals surface area (Å²) in [6.07, 6.45) is 2.13. The molecule has 0 aliphatic carbocycles. The first-order chi connectivity index (χ1) is 7.90. The molecule has 17 heavy (non-hydrogen) atoms. The molecular formula is C13H26N2O2. The molecule has 1 amide bonds. The average molecular weight is 242 g/mol. The van der Waals surface area contributed by atoms with Crippen LogP contribution >= 0.6 is 0 Å². The van der Waals surface area contributed by atoms with Crippen LogP contribution < -0.4 is 5.32 Å². The lowest BCUT2D eigenvalue weighted by atomic mass is 9.98. The molecule has 100 valence electrons. The van der Waals surface area contributed by atoms with Crippen molar-refractivity contribution in [1.82, 2.24) is 10.2 Å². The zero-order valence-electron chi connectivity index (χ0n) is 11.6. The number of carbonyl (C=O) groups excluding carboxylic acids is 1. The molecule has 0 spiro atoms. The van der Waals surface area contributed by atoms with Gasteiger partial charge in [0.1, 0.15) is 5.60 Å². The minimum Gasteiger partial charge on any atom is -0.444 e. The molecule has 1 fully saturated rings. The molecule has 4 nitrogen and oxygen atoms in total. The van der Waals surface area contributed by atoms with Gasteiger partial charge in [0.15, 0.2) is 0 Å². The van der Waals surface area contributed by atoms with Gasteiger partial charge >= 0.3 is 6.09 Å². The highest BCUT2D eigenvalue weighted by molar-refractivity contribution is 5.67. The standard InChI is InChI=1S/C13H26N2O2/c1-5-15-8-6-7-11(10-15)9-14-12(16)17-13(2,3)4/h11H,5-10H2,1-4H3,(H,14,16). The van der Waals surface area contributed by atoms with Crippen molar-refractivity contribution in [3.05, 3.63) is 0 Å². The summed E-state index contributed by atoms with van der Waals surface area (Å²) >= 11 is 0. The quantitative estimate of drug-likeness (QED) is 0.825. The molecule has 1 N–H and O–H groups in total. The molecule has 1 atom stereocenters. The molecule has 1 rings (SSSR count). The highest BCUT2D eigenvalue weighted by atomic mass is 16.6. The molecular weight excluding hydrogens is 216 g/mol. The predicted octanol–water partition coefficient (Wildman–Crippen LogP) is 2.24. The van der Waals surface area contributed by atoms with Crippen LogP contribution in [0.5, 0.6) is 0 Å². The van der Waals surface area contributed by atoms with Crippen LogP contribution in [0.2, 0.25) is 0 Å². The molecule has 1 aliphatic heterocycles. The Hall–Kier alpha value is -0.770. The van der Waals surface area contributed by atoms with Crippen LogP contribution in [0.4, 0.5) is 4.79 Å². The van der Waals surface area contributed by atoms with E-state index in [0.717, 1.165) is 19.6 Å². The number of hydrogen-bond donors (Lipinski definition) is 1. The number of nitrogens with one attached hydrogen (secondary N) is 1. The molecule has 1 unspecified atom stereocenters. The predicted molar refractivity (Wildman–Crippen MR) is 69.1 cm³/mol. The van der Waals surface area contributed by atoms with Gasteiger partial charge in [0.25, 0.3) is 0 Å². The Bertz CT molecular complexity index is 248. The van der Waals surface area contributed by atoms with Crippen LogP contribution in [-0.4, -0.2) is 42.8 Å². The molecule has 1 heterocycles. The first-order valence-electron chi connectivity index (χ1n) is 6.60. The monoisotopic (exact) mass is 242 g/mol. The Balaban J connectivity index is 2.23. The SMILES string of the molecule is CCN1CCCC(CNC(=O)OC(C)(C)C)C1. The molecule has 0 aromatic carbocycles. The van der Waals surface area contributed by atoms with E-state index in [9.17, 15) is 4.79 Å². The first-order valence-corrected chi connectivity index (χ1v) is 6.60. The van der Waals surface area contributed by atoms with Crippen LogP contribution in [-0.2, 0) is 4.74 Å². The van der Waals surface area contributed by atoms with E-state index in [1.807, 2.05) is 20.8 Å². The fourth-order valence-corrected chi connectivity index (χ4v) is 2.15. The van der Waals surface area contributed by atoms with Gasteiger partial charge in [-0.3, -0.25) is 0 Å². The second kappa shape index (κ2) is 6.24. The molecule has 0 aromatic rings. The van der Waals surface area contributed by atoms with Crippen molar-refractivity contribution in [2.24, 2.45) is 5.92 Å². The lowest BCUT2D eigenvalue weighted by Gasteiger charge is -2.32. The summed E-state index contributed by atoms with van der Waals surface area (Å²) in [5, 5.41) is 2.87. The van der Waals surface area contributed by atoms with E-state index in [1.165, 1.54) is 19.4 Å². The maximum Gasteiger partial charge on any atom is 0.407 e. The summed E-state index contributed by atoms with van der Waals surface area (Å²) in [5.41, 5.74) is -0.411. The third kappa shape index (κ3) is 5.91. The van der Waals surface area contributed by atoms with Crippen molar-refractivity contribution < 1.29 is 9.53 Å². The summed E-state index contributed by atoms with van der Waals surface area (Å²) in [5.74, 6) is 0.566.